The number of nitrogens with zero attached hydrogens (tertiary/aromatic N) is 5. The number of rotatable bonds is 11. The highest BCUT2D eigenvalue weighted by molar-refractivity contribution is 5.84. The molecule has 2 aromatic rings. The van der Waals surface area contributed by atoms with E-state index in [0.29, 0.717) is 11.8 Å². The van der Waals surface area contributed by atoms with Crippen molar-refractivity contribution in [2.75, 3.05) is 27.3 Å². The molecule has 2 heterocycles. The van der Waals surface area contributed by atoms with E-state index >= 15 is 0 Å². The summed E-state index contributed by atoms with van der Waals surface area (Å²) in [5.41, 5.74) is 7.78. The molecule has 1 aromatic carbocycles. The third kappa shape index (κ3) is 7.43. The second-order valence-electron chi connectivity index (χ2n) is 10.7. The first kappa shape index (κ1) is 30.9. The Kier molecular flexibility index (Phi) is 11.2. The zero-order chi connectivity index (χ0) is 29.9. The number of hydrogen-bond donors (Lipinski definition) is 0. The molecule has 0 radical (unpaired) electrons. The van der Waals surface area contributed by atoms with Crippen molar-refractivity contribution < 1.29 is 9.47 Å². The van der Waals surface area contributed by atoms with Gasteiger partial charge in [-0.2, -0.15) is 0 Å². The summed E-state index contributed by atoms with van der Waals surface area (Å²) in [4.78, 5) is 21.1. The van der Waals surface area contributed by atoms with Crippen LogP contribution in [-0.4, -0.2) is 54.8 Å². The molecule has 0 N–H and O–H groups in total. The molecule has 0 saturated carbocycles. The Labute approximate surface area is 251 Å². The lowest BCUT2D eigenvalue weighted by molar-refractivity contribution is 0.214. The molecular formula is C35H43N5O2. The van der Waals surface area contributed by atoms with Crippen LogP contribution >= 0.6 is 0 Å². The fourth-order valence-electron chi connectivity index (χ4n) is 5.52. The van der Waals surface area contributed by atoms with Crippen molar-refractivity contribution in [2.45, 2.75) is 65.8 Å². The van der Waals surface area contributed by atoms with Gasteiger partial charge >= 0.3 is 0 Å². The Balaban J connectivity index is 1.71. The van der Waals surface area contributed by atoms with Gasteiger partial charge in [-0.25, -0.2) is 9.98 Å². The van der Waals surface area contributed by atoms with Crippen LogP contribution in [0.1, 0.15) is 69.2 Å². The second kappa shape index (κ2) is 15.3. The maximum atomic E-state index is 5.72. The van der Waals surface area contributed by atoms with Crippen molar-refractivity contribution in [1.29, 1.82) is 0 Å². The lowest BCUT2D eigenvalue weighted by Crippen LogP contribution is -2.29. The van der Waals surface area contributed by atoms with Crippen LogP contribution in [0.25, 0.3) is 16.8 Å². The lowest BCUT2D eigenvalue weighted by atomic mass is 9.87. The summed E-state index contributed by atoms with van der Waals surface area (Å²) in [6.45, 7) is 13.0. The van der Waals surface area contributed by atoms with Gasteiger partial charge < -0.3 is 9.47 Å². The summed E-state index contributed by atoms with van der Waals surface area (Å²) in [6.07, 6.45) is 14.1. The van der Waals surface area contributed by atoms with E-state index in [1.807, 2.05) is 12.3 Å². The van der Waals surface area contributed by atoms with Gasteiger partial charge in [0.25, 0.3) is 0 Å². The van der Waals surface area contributed by atoms with E-state index in [1.54, 1.807) is 20.4 Å². The Morgan fingerprint density at radius 3 is 2.67 bits per heavy atom. The Hall–Kier alpha value is -4.02. The predicted octanol–water partition coefficient (Wildman–Crippen LogP) is 7.19. The summed E-state index contributed by atoms with van der Waals surface area (Å²) >= 11 is 0. The van der Waals surface area contributed by atoms with Crippen LogP contribution in [0, 0.1) is 24.7 Å². The average molecular weight is 566 g/mol. The summed E-state index contributed by atoms with van der Waals surface area (Å²) in [6, 6.07) is 6.29. The summed E-state index contributed by atoms with van der Waals surface area (Å²) in [5.74, 6) is 7.56. The minimum absolute atomic E-state index is 0.260. The molecule has 1 atom stereocenters. The third-order valence-corrected chi connectivity index (χ3v) is 7.90. The monoisotopic (exact) mass is 565 g/mol. The van der Waals surface area contributed by atoms with E-state index < -0.39 is 0 Å². The van der Waals surface area contributed by atoms with Gasteiger partial charge in [0.2, 0.25) is 5.88 Å². The van der Waals surface area contributed by atoms with Crippen molar-refractivity contribution in [3.05, 3.63) is 70.8 Å². The fraction of sp³-hybridized carbons (Fsp3) is 0.429. The molecular weight excluding hydrogens is 522 g/mol. The molecule has 42 heavy (non-hydrogen) atoms. The van der Waals surface area contributed by atoms with Crippen LogP contribution in [0.15, 0.2) is 64.0 Å². The molecule has 1 fully saturated rings. The lowest BCUT2D eigenvalue weighted by Gasteiger charge is -2.26. The standard InChI is InChI=1S/C35H43N5O2/c1-7-8-19-34(41-5)38-31(22-36-4)29-16-11-10-15-27(25(29)2)28-17-14-18-30(26(28)3)32-23-37-33(35(39-32)42-6)24-40-20-12-9-13-21-40/h10,14-15,17-18,22-23,29H,4,7-9,12-13,19-21,24H2,1-3,5-6H3/b31-22-,38-34?. The first-order chi connectivity index (χ1) is 20.5. The predicted molar refractivity (Wildman–Crippen MR) is 172 cm³/mol. The van der Waals surface area contributed by atoms with Crippen LogP contribution in [0.3, 0.4) is 0 Å². The molecule has 1 aromatic heterocycles. The van der Waals surface area contributed by atoms with E-state index in [1.165, 1.54) is 19.3 Å². The van der Waals surface area contributed by atoms with E-state index in [9.17, 15) is 0 Å². The third-order valence-electron chi connectivity index (χ3n) is 7.90. The fourth-order valence-corrected chi connectivity index (χ4v) is 5.52. The Morgan fingerprint density at radius 2 is 1.95 bits per heavy atom. The van der Waals surface area contributed by atoms with E-state index in [2.05, 4.69) is 73.5 Å². The number of aromatic nitrogens is 2. The van der Waals surface area contributed by atoms with Crippen LogP contribution in [0.4, 0.5) is 0 Å². The number of unbranched alkanes of at least 4 members (excludes halogenated alkanes) is 1. The minimum Gasteiger partial charge on any atom is -0.484 e. The number of methoxy groups -OCH3 is 2. The highest BCUT2D eigenvalue weighted by atomic mass is 16.5. The topological polar surface area (TPSA) is 72.2 Å². The van der Waals surface area contributed by atoms with Gasteiger partial charge in [-0.3, -0.25) is 14.9 Å². The van der Waals surface area contributed by atoms with Gasteiger partial charge in [0, 0.05) is 24.7 Å². The number of piperidine rings is 1. The van der Waals surface area contributed by atoms with Gasteiger partial charge in [-0.05, 0) is 87.3 Å². The van der Waals surface area contributed by atoms with E-state index in [-0.39, 0.29) is 5.92 Å². The SMILES string of the molecule is C=N/C=C(\N=C(CCCC)OC)C1C#CC=CC(c2cccc(-c3cnc(CN4CCCCC4)c(OC)n3)c2C)=C1C. The highest BCUT2D eigenvalue weighted by Crippen LogP contribution is 2.36. The van der Waals surface area contributed by atoms with Crippen LogP contribution in [0.5, 0.6) is 5.88 Å². The molecule has 0 spiro atoms. The number of allylic oxidation sites excluding steroid dienone is 4. The van der Waals surface area contributed by atoms with Gasteiger partial charge in [0.15, 0.2) is 5.90 Å². The van der Waals surface area contributed by atoms with Gasteiger partial charge in [0.1, 0.15) is 5.69 Å². The van der Waals surface area contributed by atoms with Crippen molar-refractivity contribution in [1.82, 2.24) is 14.9 Å². The summed E-state index contributed by atoms with van der Waals surface area (Å²) < 4.78 is 11.3. The van der Waals surface area contributed by atoms with Gasteiger partial charge in [-0.15, -0.1) is 0 Å². The average Bonchev–Trinajstić information content (AvgIpc) is 3.21. The van der Waals surface area contributed by atoms with Crippen molar-refractivity contribution >= 4 is 18.2 Å². The number of hydrogen-bond acceptors (Lipinski definition) is 7. The summed E-state index contributed by atoms with van der Waals surface area (Å²) in [5, 5.41) is 0. The van der Waals surface area contributed by atoms with Gasteiger partial charge in [0.05, 0.1) is 37.7 Å². The van der Waals surface area contributed by atoms with Crippen molar-refractivity contribution in [2.24, 2.45) is 15.9 Å². The molecule has 7 nitrogen and oxygen atoms in total. The highest BCUT2D eigenvalue weighted by Gasteiger charge is 2.22. The Morgan fingerprint density at radius 1 is 1.17 bits per heavy atom. The van der Waals surface area contributed by atoms with Crippen LogP contribution in [0.2, 0.25) is 0 Å². The molecule has 1 aliphatic heterocycles. The molecule has 7 heteroatoms. The van der Waals surface area contributed by atoms with E-state index in [4.69, 9.17) is 24.4 Å². The molecule has 1 aliphatic carbocycles. The molecule has 220 valence electrons. The van der Waals surface area contributed by atoms with E-state index in [0.717, 1.165) is 83.8 Å². The van der Waals surface area contributed by atoms with Crippen LogP contribution < -0.4 is 4.74 Å². The molecule has 1 unspecified atom stereocenters. The number of benzene rings is 1. The zero-order valence-corrected chi connectivity index (χ0v) is 25.7. The summed E-state index contributed by atoms with van der Waals surface area (Å²) in [7, 11) is 3.33. The molecule has 4 rings (SSSR count). The second-order valence-corrected chi connectivity index (χ2v) is 10.7. The Bertz CT molecular complexity index is 1450. The van der Waals surface area contributed by atoms with Crippen LogP contribution in [-0.2, 0) is 11.3 Å². The molecule has 2 aliphatic rings. The number of aliphatic imine (C=N–C) groups is 2. The first-order valence-corrected chi connectivity index (χ1v) is 14.9. The number of ether oxygens (including phenoxy) is 2. The zero-order valence-electron chi connectivity index (χ0n) is 25.7. The van der Waals surface area contributed by atoms with Gasteiger partial charge in [-0.1, -0.05) is 49.8 Å². The normalized spacial score (nSPS) is 17.9. The minimum atomic E-state index is -0.260. The van der Waals surface area contributed by atoms with Crippen molar-refractivity contribution in [3.63, 3.8) is 0 Å². The largest absolute Gasteiger partial charge is 0.484 e. The maximum Gasteiger partial charge on any atom is 0.237 e. The smallest absolute Gasteiger partial charge is 0.237 e. The van der Waals surface area contributed by atoms with Crippen molar-refractivity contribution in [3.8, 4) is 29.0 Å². The maximum absolute atomic E-state index is 5.72. The molecule has 1 saturated heterocycles. The first-order valence-electron chi connectivity index (χ1n) is 14.9. The quantitative estimate of drug-likeness (QED) is 0.164. The molecule has 0 amide bonds. The number of likely N-dealkylation sites (tertiary alicyclic amines) is 1. The molecule has 0 bridgehead atoms.